The number of thiol groups is 1. The number of hydrogen-bond acceptors (Lipinski definition) is 3. The number of aliphatic hydroxyl groups excluding tert-OH is 1. The first-order valence-electron chi connectivity index (χ1n) is 7.66. The van der Waals surface area contributed by atoms with Crippen molar-refractivity contribution in [2.24, 2.45) is 11.3 Å². The lowest BCUT2D eigenvalue weighted by Crippen LogP contribution is -2.45. The molecule has 3 heteroatoms. The van der Waals surface area contributed by atoms with Crippen LogP contribution in [0.5, 0.6) is 0 Å². The Bertz CT molecular complexity index is 243. The second-order valence-corrected chi connectivity index (χ2v) is 6.89. The predicted octanol–water partition coefficient (Wildman–Crippen LogP) is 2.96. The topological polar surface area (TPSA) is 23.5 Å². The van der Waals surface area contributed by atoms with E-state index in [9.17, 15) is 5.11 Å². The van der Waals surface area contributed by atoms with E-state index in [1.165, 1.54) is 64.6 Å². The van der Waals surface area contributed by atoms with Gasteiger partial charge in [-0.3, -0.25) is 0 Å². The van der Waals surface area contributed by atoms with Gasteiger partial charge in [0.15, 0.2) is 0 Å². The van der Waals surface area contributed by atoms with Gasteiger partial charge in [0.2, 0.25) is 0 Å². The average molecular weight is 271 g/mol. The van der Waals surface area contributed by atoms with Crippen LogP contribution in [0.1, 0.15) is 51.9 Å². The van der Waals surface area contributed by atoms with Gasteiger partial charge in [0.25, 0.3) is 0 Å². The molecule has 0 aromatic carbocycles. The SMILES string of the molecule is CC(O)C1CCN(CC2(CS)CCCCC2)CC1. The molecule has 1 unspecified atom stereocenters. The zero-order chi connectivity index (χ0) is 13.0. The summed E-state index contributed by atoms with van der Waals surface area (Å²) in [6, 6.07) is 0. The van der Waals surface area contributed by atoms with E-state index in [0.717, 1.165) is 5.75 Å². The van der Waals surface area contributed by atoms with Gasteiger partial charge in [-0.15, -0.1) is 0 Å². The maximum atomic E-state index is 9.65. The summed E-state index contributed by atoms with van der Waals surface area (Å²) in [5, 5.41) is 9.65. The molecular formula is C15H29NOS. The van der Waals surface area contributed by atoms with Gasteiger partial charge in [-0.25, -0.2) is 0 Å². The summed E-state index contributed by atoms with van der Waals surface area (Å²) in [4.78, 5) is 2.63. The summed E-state index contributed by atoms with van der Waals surface area (Å²) in [5.74, 6) is 1.57. The predicted molar refractivity (Wildman–Crippen MR) is 80.2 cm³/mol. The third-order valence-electron chi connectivity index (χ3n) is 5.12. The molecule has 106 valence electrons. The van der Waals surface area contributed by atoms with Gasteiger partial charge in [-0.2, -0.15) is 12.6 Å². The summed E-state index contributed by atoms with van der Waals surface area (Å²) in [7, 11) is 0. The molecule has 1 atom stereocenters. The Balaban J connectivity index is 1.82. The Morgan fingerprint density at radius 3 is 2.33 bits per heavy atom. The average Bonchev–Trinajstić information content (AvgIpc) is 2.40. The van der Waals surface area contributed by atoms with Crippen LogP contribution in [0.4, 0.5) is 0 Å². The quantitative estimate of drug-likeness (QED) is 0.768. The fourth-order valence-electron chi connectivity index (χ4n) is 3.74. The lowest BCUT2D eigenvalue weighted by molar-refractivity contribution is 0.0484. The number of piperidine rings is 1. The summed E-state index contributed by atoms with van der Waals surface area (Å²) < 4.78 is 0. The fourth-order valence-corrected chi connectivity index (χ4v) is 4.15. The second-order valence-electron chi connectivity index (χ2n) is 6.57. The minimum Gasteiger partial charge on any atom is -0.393 e. The zero-order valence-electron chi connectivity index (χ0n) is 11.8. The molecule has 0 aromatic heterocycles. The molecular weight excluding hydrogens is 242 g/mol. The van der Waals surface area contributed by atoms with Gasteiger partial charge < -0.3 is 10.0 Å². The third kappa shape index (κ3) is 3.64. The van der Waals surface area contributed by atoms with E-state index in [4.69, 9.17) is 0 Å². The van der Waals surface area contributed by atoms with Crippen LogP contribution in [-0.2, 0) is 0 Å². The van der Waals surface area contributed by atoms with Crippen LogP contribution < -0.4 is 0 Å². The van der Waals surface area contributed by atoms with Gasteiger partial charge in [0.05, 0.1) is 6.10 Å². The van der Waals surface area contributed by atoms with Crippen LogP contribution in [-0.4, -0.2) is 41.5 Å². The number of aliphatic hydroxyl groups is 1. The van der Waals surface area contributed by atoms with Crippen molar-refractivity contribution in [3.8, 4) is 0 Å². The number of hydrogen-bond donors (Lipinski definition) is 2. The van der Waals surface area contributed by atoms with Crippen molar-refractivity contribution in [1.82, 2.24) is 4.90 Å². The van der Waals surface area contributed by atoms with E-state index in [0.29, 0.717) is 11.3 Å². The van der Waals surface area contributed by atoms with Crippen molar-refractivity contribution in [1.29, 1.82) is 0 Å². The molecule has 1 aliphatic carbocycles. The standard InChI is InChI=1S/C15H29NOS/c1-13(17)14-5-9-16(10-6-14)11-15(12-18)7-3-2-4-8-15/h13-14,17-18H,2-12H2,1H3. The fraction of sp³-hybridized carbons (Fsp3) is 1.00. The van der Waals surface area contributed by atoms with Crippen LogP contribution in [0.2, 0.25) is 0 Å². The Morgan fingerprint density at radius 1 is 1.22 bits per heavy atom. The highest BCUT2D eigenvalue weighted by Crippen LogP contribution is 2.38. The van der Waals surface area contributed by atoms with E-state index in [2.05, 4.69) is 17.5 Å². The van der Waals surface area contributed by atoms with Crippen LogP contribution >= 0.6 is 12.6 Å². The molecule has 2 rings (SSSR count). The first-order valence-corrected chi connectivity index (χ1v) is 8.30. The molecule has 1 aliphatic heterocycles. The minimum atomic E-state index is -0.124. The van der Waals surface area contributed by atoms with Gasteiger partial charge in [-0.1, -0.05) is 19.3 Å². The molecule has 0 bridgehead atoms. The van der Waals surface area contributed by atoms with Crippen molar-refractivity contribution >= 4 is 12.6 Å². The van der Waals surface area contributed by atoms with Gasteiger partial charge >= 0.3 is 0 Å². The first-order chi connectivity index (χ1) is 8.65. The molecule has 1 N–H and O–H groups in total. The highest BCUT2D eigenvalue weighted by atomic mass is 32.1. The van der Waals surface area contributed by atoms with Crippen LogP contribution in [0, 0.1) is 11.3 Å². The van der Waals surface area contributed by atoms with Crippen LogP contribution in [0.3, 0.4) is 0 Å². The van der Waals surface area contributed by atoms with Crippen molar-refractivity contribution in [2.75, 3.05) is 25.4 Å². The number of rotatable bonds is 4. The minimum absolute atomic E-state index is 0.124. The molecule has 2 fully saturated rings. The first kappa shape index (κ1) is 14.7. The van der Waals surface area contributed by atoms with Gasteiger partial charge in [-0.05, 0) is 62.8 Å². The Kier molecular flexibility index (Phi) is 5.40. The van der Waals surface area contributed by atoms with Crippen LogP contribution in [0.15, 0.2) is 0 Å². The van der Waals surface area contributed by atoms with Crippen LogP contribution in [0.25, 0.3) is 0 Å². The van der Waals surface area contributed by atoms with E-state index in [1.54, 1.807) is 0 Å². The largest absolute Gasteiger partial charge is 0.393 e. The third-order valence-corrected chi connectivity index (χ3v) is 5.79. The lowest BCUT2D eigenvalue weighted by atomic mass is 9.74. The highest BCUT2D eigenvalue weighted by molar-refractivity contribution is 7.80. The molecule has 0 aromatic rings. The Morgan fingerprint density at radius 2 is 1.83 bits per heavy atom. The zero-order valence-corrected chi connectivity index (χ0v) is 12.7. The number of nitrogens with zero attached hydrogens (tertiary/aromatic N) is 1. The maximum absolute atomic E-state index is 9.65. The molecule has 1 heterocycles. The van der Waals surface area contributed by atoms with Crippen molar-refractivity contribution < 1.29 is 5.11 Å². The molecule has 1 saturated heterocycles. The van der Waals surface area contributed by atoms with Gasteiger partial charge in [0, 0.05) is 6.54 Å². The lowest BCUT2D eigenvalue weighted by Gasteiger charge is -2.43. The van der Waals surface area contributed by atoms with Crippen molar-refractivity contribution in [3.63, 3.8) is 0 Å². The Labute approximate surface area is 118 Å². The molecule has 2 aliphatic rings. The molecule has 1 saturated carbocycles. The monoisotopic (exact) mass is 271 g/mol. The normalized spacial score (nSPS) is 28.2. The molecule has 18 heavy (non-hydrogen) atoms. The second kappa shape index (κ2) is 6.62. The van der Waals surface area contributed by atoms with E-state index in [-0.39, 0.29) is 6.10 Å². The summed E-state index contributed by atoms with van der Waals surface area (Å²) >= 11 is 4.63. The number of likely N-dealkylation sites (tertiary alicyclic amines) is 1. The summed E-state index contributed by atoms with van der Waals surface area (Å²) in [6.07, 6.45) is 9.15. The van der Waals surface area contributed by atoms with E-state index < -0.39 is 0 Å². The van der Waals surface area contributed by atoms with E-state index in [1.807, 2.05) is 6.92 Å². The van der Waals surface area contributed by atoms with Gasteiger partial charge in [0.1, 0.15) is 0 Å². The molecule has 0 radical (unpaired) electrons. The smallest absolute Gasteiger partial charge is 0.0541 e. The van der Waals surface area contributed by atoms with Crippen molar-refractivity contribution in [2.45, 2.75) is 58.0 Å². The summed E-state index contributed by atoms with van der Waals surface area (Å²) in [5.41, 5.74) is 0.485. The van der Waals surface area contributed by atoms with Crippen molar-refractivity contribution in [3.05, 3.63) is 0 Å². The maximum Gasteiger partial charge on any atom is 0.0541 e. The van der Waals surface area contributed by atoms with E-state index >= 15 is 0 Å². The highest BCUT2D eigenvalue weighted by Gasteiger charge is 2.34. The summed E-state index contributed by atoms with van der Waals surface area (Å²) in [6.45, 7) is 5.52. The Hall–Kier alpha value is 0.270. The molecule has 0 spiro atoms. The molecule has 2 nitrogen and oxygen atoms in total. The molecule has 0 amide bonds.